The van der Waals surface area contributed by atoms with Gasteiger partial charge in [0.2, 0.25) is 11.8 Å². The molecule has 3 aromatic rings. The minimum Gasteiger partial charge on any atom is -0.435 e. The van der Waals surface area contributed by atoms with Gasteiger partial charge >= 0.3 is 6.61 Å². The first-order chi connectivity index (χ1) is 15.0. The summed E-state index contributed by atoms with van der Waals surface area (Å²) in [5.74, 6) is -1.10. The summed E-state index contributed by atoms with van der Waals surface area (Å²) in [5.41, 5.74) is 2.91. The van der Waals surface area contributed by atoms with Crippen LogP contribution in [0.15, 0.2) is 78.9 Å². The highest BCUT2D eigenvalue weighted by Crippen LogP contribution is 2.33. The number of benzene rings is 3. The number of amides is 2. The molecular weight excluding hydrogens is 402 g/mol. The number of para-hydroxylation sites is 1. The summed E-state index contributed by atoms with van der Waals surface area (Å²) in [6.07, 6.45) is 0.0471. The second-order valence-corrected chi connectivity index (χ2v) is 7.19. The molecule has 0 fully saturated rings. The van der Waals surface area contributed by atoms with E-state index in [1.807, 2.05) is 42.5 Å². The van der Waals surface area contributed by atoms with Crippen LogP contribution in [0.2, 0.25) is 0 Å². The Kier molecular flexibility index (Phi) is 5.93. The molecule has 0 bridgehead atoms. The van der Waals surface area contributed by atoms with Gasteiger partial charge in [-0.3, -0.25) is 9.59 Å². The number of ether oxygens (including phenoxy) is 1. The van der Waals surface area contributed by atoms with Gasteiger partial charge in [-0.05, 0) is 34.9 Å². The first kappa shape index (κ1) is 20.5. The van der Waals surface area contributed by atoms with Crippen molar-refractivity contribution >= 4 is 17.5 Å². The Morgan fingerprint density at radius 3 is 2.29 bits per heavy atom. The normalized spacial score (nSPS) is 16.2. The minimum absolute atomic E-state index is 0.0368. The van der Waals surface area contributed by atoms with Gasteiger partial charge < -0.3 is 15.4 Å². The van der Waals surface area contributed by atoms with E-state index in [0.29, 0.717) is 11.3 Å². The number of fused-ring (bicyclic) bond motifs is 1. The van der Waals surface area contributed by atoms with Crippen molar-refractivity contribution in [3.05, 3.63) is 95.6 Å². The molecule has 0 saturated carbocycles. The molecule has 2 unspecified atom stereocenters. The van der Waals surface area contributed by atoms with E-state index in [9.17, 15) is 18.4 Å². The Morgan fingerprint density at radius 1 is 0.935 bits per heavy atom. The summed E-state index contributed by atoms with van der Waals surface area (Å²) in [4.78, 5) is 25.4. The second kappa shape index (κ2) is 8.95. The Labute approximate surface area is 178 Å². The maximum absolute atomic E-state index is 13.3. The molecule has 0 saturated heterocycles. The molecule has 0 aliphatic carbocycles. The largest absolute Gasteiger partial charge is 0.435 e. The van der Waals surface area contributed by atoms with E-state index in [2.05, 4.69) is 15.4 Å². The molecule has 31 heavy (non-hydrogen) atoms. The van der Waals surface area contributed by atoms with Crippen LogP contribution in [-0.4, -0.2) is 18.4 Å². The van der Waals surface area contributed by atoms with E-state index >= 15 is 0 Å². The SMILES string of the molecule is O=C1CC(C(=O)NC(c2ccccc2)c2ccc(OC(F)F)cc2)c2ccccc2N1. The Balaban J connectivity index is 1.63. The first-order valence-electron chi connectivity index (χ1n) is 9.80. The summed E-state index contributed by atoms with van der Waals surface area (Å²) >= 11 is 0. The monoisotopic (exact) mass is 422 g/mol. The average Bonchev–Trinajstić information content (AvgIpc) is 2.77. The predicted octanol–water partition coefficient (Wildman–Crippen LogP) is 4.62. The van der Waals surface area contributed by atoms with Gasteiger partial charge in [0.15, 0.2) is 0 Å². The number of carbonyl (C=O) groups is 2. The molecule has 2 N–H and O–H groups in total. The lowest BCUT2D eigenvalue weighted by Crippen LogP contribution is -2.37. The van der Waals surface area contributed by atoms with Gasteiger partial charge in [-0.15, -0.1) is 0 Å². The smallest absolute Gasteiger partial charge is 0.387 e. The van der Waals surface area contributed by atoms with E-state index < -0.39 is 18.6 Å². The van der Waals surface area contributed by atoms with E-state index in [0.717, 1.165) is 11.1 Å². The molecule has 0 aromatic heterocycles. The number of halogens is 2. The third-order valence-corrected chi connectivity index (χ3v) is 5.17. The zero-order valence-corrected chi connectivity index (χ0v) is 16.4. The molecule has 2 amide bonds. The number of nitrogens with one attached hydrogen (secondary N) is 2. The van der Waals surface area contributed by atoms with Crippen LogP contribution in [0.4, 0.5) is 14.5 Å². The fourth-order valence-electron chi connectivity index (χ4n) is 3.73. The molecule has 5 nitrogen and oxygen atoms in total. The molecule has 1 aliphatic heterocycles. The average molecular weight is 422 g/mol. The number of hydrogen-bond donors (Lipinski definition) is 2. The van der Waals surface area contributed by atoms with E-state index in [1.54, 1.807) is 24.3 Å². The van der Waals surface area contributed by atoms with Crippen molar-refractivity contribution in [2.45, 2.75) is 25.0 Å². The van der Waals surface area contributed by atoms with Crippen LogP contribution in [0.3, 0.4) is 0 Å². The van der Waals surface area contributed by atoms with Crippen molar-refractivity contribution in [3.8, 4) is 5.75 Å². The Hall–Kier alpha value is -3.74. The highest BCUT2D eigenvalue weighted by Gasteiger charge is 2.32. The topological polar surface area (TPSA) is 67.4 Å². The highest BCUT2D eigenvalue weighted by molar-refractivity contribution is 6.01. The van der Waals surface area contributed by atoms with Crippen LogP contribution in [0.25, 0.3) is 0 Å². The Morgan fingerprint density at radius 2 is 1.58 bits per heavy atom. The van der Waals surface area contributed by atoms with Gasteiger partial charge in [0.1, 0.15) is 5.75 Å². The number of alkyl halides is 2. The van der Waals surface area contributed by atoms with Gasteiger partial charge in [0.05, 0.1) is 12.0 Å². The van der Waals surface area contributed by atoms with Crippen molar-refractivity contribution in [3.63, 3.8) is 0 Å². The minimum atomic E-state index is -2.91. The quantitative estimate of drug-likeness (QED) is 0.609. The second-order valence-electron chi connectivity index (χ2n) is 7.19. The molecule has 0 spiro atoms. The van der Waals surface area contributed by atoms with Crippen molar-refractivity contribution < 1.29 is 23.1 Å². The molecule has 0 radical (unpaired) electrons. The third kappa shape index (κ3) is 4.71. The molecule has 1 aliphatic rings. The summed E-state index contributed by atoms with van der Waals surface area (Å²) in [5, 5.41) is 5.82. The van der Waals surface area contributed by atoms with Crippen LogP contribution in [0, 0.1) is 0 Å². The van der Waals surface area contributed by atoms with Gasteiger partial charge in [-0.2, -0.15) is 8.78 Å². The highest BCUT2D eigenvalue weighted by atomic mass is 19.3. The Bertz CT molecular complexity index is 1070. The zero-order valence-electron chi connectivity index (χ0n) is 16.4. The first-order valence-corrected chi connectivity index (χ1v) is 9.80. The van der Waals surface area contributed by atoms with Crippen molar-refractivity contribution in [2.24, 2.45) is 0 Å². The fraction of sp³-hybridized carbons (Fsp3) is 0.167. The van der Waals surface area contributed by atoms with Crippen LogP contribution in [-0.2, 0) is 9.59 Å². The van der Waals surface area contributed by atoms with E-state index in [4.69, 9.17) is 0 Å². The lowest BCUT2D eigenvalue weighted by atomic mass is 9.89. The van der Waals surface area contributed by atoms with Gasteiger partial charge in [0, 0.05) is 12.1 Å². The maximum atomic E-state index is 13.3. The molecule has 4 rings (SSSR count). The lowest BCUT2D eigenvalue weighted by molar-refractivity contribution is -0.126. The van der Waals surface area contributed by atoms with Crippen LogP contribution in [0.5, 0.6) is 5.75 Å². The van der Waals surface area contributed by atoms with Crippen molar-refractivity contribution in [1.82, 2.24) is 5.32 Å². The summed E-state index contributed by atoms with van der Waals surface area (Å²) < 4.78 is 29.3. The summed E-state index contributed by atoms with van der Waals surface area (Å²) in [6, 6.07) is 22.2. The molecular formula is C24H20F2N2O3. The molecule has 1 heterocycles. The standard InChI is InChI=1S/C24H20F2N2O3/c25-24(26)31-17-12-10-16(11-13-17)22(15-6-2-1-3-7-15)28-23(30)19-14-21(29)27-20-9-5-4-8-18(19)20/h1-13,19,22,24H,14H2,(H,27,29)(H,28,30). The molecule has 7 heteroatoms. The number of carbonyl (C=O) groups excluding carboxylic acids is 2. The van der Waals surface area contributed by atoms with Crippen LogP contribution >= 0.6 is 0 Å². The van der Waals surface area contributed by atoms with Crippen LogP contribution in [0.1, 0.15) is 35.1 Å². The molecule has 3 aromatic carbocycles. The predicted molar refractivity (Wildman–Crippen MR) is 112 cm³/mol. The van der Waals surface area contributed by atoms with Crippen LogP contribution < -0.4 is 15.4 Å². The zero-order chi connectivity index (χ0) is 21.8. The molecule has 2 atom stereocenters. The fourth-order valence-corrected chi connectivity index (χ4v) is 3.73. The summed E-state index contributed by atoms with van der Waals surface area (Å²) in [6.45, 7) is -2.91. The lowest BCUT2D eigenvalue weighted by Gasteiger charge is -2.27. The van der Waals surface area contributed by atoms with Gasteiger partial charge in [0.25, 0.3) is 0 Å². The van der Waals surface area contributed by atoms with Crippen molar-refractivity contribution in [1.29, 1.82) is 0 Å². The number of rotatable bonds is 6. The van der Waals surface area contributed by atoms with Gasteiger partial charge in [-0.1, -0.05) is 60.7 Å². The number of hydrogen-bond acceptors (Lipinski definition) is 3. The van der Waals surface area contributed by atoms with Crippen molar-refractivity contribution in [2.75, 3.05) is 5.32 Å². The van der Waals surface area contributed by atoms with E-state index in [-0.39, 0.29) is 24.0 Å². The molecule has 158 valence electrons. The van der Waals surface area contributed by atoms with Gasteiger partial charge in [-0.25, -0.2) is 0 Å². The van der Waals surface area contributed by atoms with E-state index in [1.165, 1.54) is 12.1 Å². The summed E-state index contributed by atoms with van der Waals surface area (Å²) in [7, 11) is 0. The third-order valence-electron chi connectivity index (χ3n) is 5.17. The number of anilines is 1. The maximum Gasteiger partial charge on any atom is 0.387 e.